The highest BCUT2D eigenvalue weighted by molar-refractivity contribution is 5.95. The number of urea groups is 1. The van der Waals surface area contributed by atoms with E-state index in [0.717, 1.165) is 18.4 Å². The lowest BCUT2D eigenvalue weighted by Gasteiger charge is -2.20. The van der Waals surface area contributed by atoms with Gasteiger partial charge in [-0.3, -0.25) is 15.0 Å². The number of hydrogen-bond donors (Lipinski definition) is 7. The molecule has 8 N–H and O–H groups in total. The Bertz CT molecular complexity index is 1060. The maximum absolute atomic E-state index is 12.6. The number of hydrogen-bond acceptors (Lipinski definition) is 5. The van der Waals surface area contributed by atoms with Crippen molar-refractivity contribution in [1.29, 1.82) is 5.41 Å². The second-order valence-corrected chi connectivity index (χ2v) is 8.21. The number of nitrogens with one attached hydrogen (secondary N) is 4. The number of aliphatic carboxylic acids is 2. The van der Waals surface area contributed by atoms with E-state index in [4.69, 9.17) is 16.2 Å². The van der Waals surface area contributed by atoms with Gasteiger partial charge in [0.2, 0.25) is 5.91 Å². The minimum absolute atomic E-state index is 0.00122. The molecule has 0 fully saturated rings. The van der Waals surface area contributed by atoms with Crippen LogP contribution in [0.3, 0.4) is 0 Å². The number of carbonyl (C=O) groups excluding carboxylic acids is 2. The average Bonchev–Trinajstić information content (AvgIpc) is 2.83. The van der Waals surface area contributed by atoms with Gasteiger partial charge >= 0.3 is 18.0 Å². The summed E-state index contributed by atoms with van der Waals surface area (Å²) < 4.78 is 0. The third-order valence-corrected chi connectivity index (χ3v) is 5.34. The molecule has 11 nitrogen and oxygen atoms in total. The van der Waals surface area contributed by atoms with Crippen LogP contribution < -0.4 is 21.7 Å². The summed E-state index contributed by atoms with van der Waals surface area (Å²) in [6.45, 7) is 0.296. The number of rotatable bonds is 14. The minimum Gasteiger partial charge on any atom is -0.481 e. The molecule has 0 saturated heterocycles. The zero-order valence-electron chi connectivity index (χ0n) is 19.7. The number of benzene rings is 2. The predicted octanol–water partition coefficient (Wildman–Crippen LogP) is 1.25. The van der Waals surface area contributed by atoms with Gasteiger partial charge in [0, 0.05) is 18.5 Å². The van der Waals surface area contributed by atoms with Gasteiger partial charge in [0.25, 0.3) is 0 Å². The molecule has 0 aliphatic carbocycles. The van der Waals surface area contributed by atoms with Gasteiger partial charge in [-0.05, 0) is 30.4 Å². The van der Waals surface area contributed by atoms with E-state index in [0.29, 0.717) is 24.1 Å². The van der Waals surface area contributed by atoms with E-state index < -0.39 is 42.4 Å². The Hall–Kier alpha value is -4.41. The smallest absolute Gasteiger partial charge is 0.326 e. The quantitative estimate of drug-likeness (QED) is 0.116. The molecule has 0 bridgehead atoms. The molecule has 0 spiro atoms. The van der Waals surface area contributed by atoms with Gasteiger partial charge in [-0.25, -0.2) is 9.59 Å². The van der Waals surface area contributed by atoms with Crippen molar-refractivity contribution in [1.82, 2.24) is 16.0 Å². The van der Waals surface area contributed by atoms with E-state index in [1.165, 1.54) is 0 Å². The van der Waals surface area contributed by atoms with Gasteiger partial charge in [-0.15, -0.1) is 0 Å². The molecule has 0 aliphatic rings. The number of nitrogens with two attached hydrogens (primary N) is 1. The minimum atomic E-state index is -1.44. The van der Waals surface area contributed by atoms with Crippen molar-refractivity contribution in [2.24, 2.45) is 5.73 Å². The molecule has 0 heterocycles. The molecule has 0 aliphatic heterocycles. The van der Waals surface area contributed by atoms with E-state index in [1.807, 2.05) is 12.1 Å². The Morgan fingerprint density at radius 1 is 0.861 bits per heavy atom. The van der Waals surface area contributed by atoms with Crippen LogP contribution >= 0.6 is 0 Å². The molecule has 2 rings (SSSR count). The molecule has 192 valence electrons. The van der Waals surface area contributed by atoms with Gasteiger partial charge < -0.3 is 31.9 Å². The van der Waals surface area contributed by atoms with Crippen molar-refractivity contribution >= 4 is 29.7 Å². The number of amidine groups is 1. The lowest BCUT2D eigenvalue weighted by atomic mass is 10.1. The first-order valence-corrected chi connectivity index (χ1v) is 11.4. The largest absolute Gasteiger partial charge is 0.481 e. The fourth-order valence-electron chi connectivity index (χ4n) is 3.42. The average molecular weight is 498 g/mol. The van der Waals surface area contributed by atoms with Crippen LogP contribution in [0.15, 0.2) is 54.6 Å². The van der Waals surface area contributed by atoms with Crippen LogP contribution in [0.5, 0.6) is 0 Å². The van der Waals surface area contributed by atoms with Gasteiger partial charge in [0.1, 0.15) is 17.9 Å². The molecule has 3 amide bonds. The maximum Gasteiger partial charge on any atom is 0.326 e. The molecular formula is C25H31N5O6. The first-order valence-electron chi connectivity index (χ1n) is 11.4. The van der Waals surface area contributed by atoms with E-state index in [1.54, 1.807) is 42.5 Å². The molecule has 11 heteroatoms. The summed E-state index contributed by atoms with van der Waals surface area (Å²) >= 11 is 0. The second kappa shape index (κ2) is 14.1. The first kappa shape index (κ1) is 27.8. The number of unbranched alkanes of at least 4 members (excludes halogenated alkanes) is 1. The molecule has 2 aromatic carbocycles. The molecule has 0 aromatic heterocycles. The topological polar surface area (TPSA) is 195 Å². The normalized spacial score (nSPS) is 12.1. The summed E-state index contributed by atoms with van der Waals surface area (Å²) in [5.41, 5.74) is 7.82. The highest BCUT2D eigenvalue weighted by Gasteiger charge is 2.28. The molecule has 0 radical (unpaired) electrons. The molecule has 2 atom stereocenters. The third kappa shape index (κ3) is 9.84. The van der Waals surface area contributed by atoms with Crippen LogP contribution in [0.1, 0.15) is 36.0 Å². The van der Waals surface area contributed by atoms with Crippen LogP contribution in [0.4, 0.5) is 4.79 Å². The van der Waals surface area contributed by atoms with Crippen LogP contribution in [-0.2, 0) is 27.2 Å². The summed E-state index contributed by atoms with van der Waals surface area (Å²) in [5, 5.41) is 33.2. The second-order valence-electron chi connectivity index (χ2n) is 8.21. The Morgan fingerprint density at radius 3 is 2.11 bits per heavy atom. The van der Waals surface area contributed by atoms with Crippen molar-refractivity contribution in [3.63, 3.8) is 0 Å². The fourth-order valence-corrected chi connectivity index (χ4v) is 3.42. The summed E-state index contributed by atoms with van der Waals surface area (Å²) in [7, 11) is 0. The Labute approximate surface area is 208 Å². The number of carboxylic acid groups (broad SMARTS) is 2. The SMILES string of the molecule is N=C(N)c1ccc(CCCCNC(=O)N[C@@H](CC(=O)O)C(=O)N[C@@H](Cc2ccccc2)C(=O)O)cc1. The van der Waals surface area contributed by atoms with Crippen molar-refractivity contribution < 1.29 is 29.4 Å². The third-order valence-electron chi connectivity index (χ3n) is 5.34. The zero-order chi connectivity index (χ0) is 26.5. The molecule has 0 saturated carbocycles. The molecule has 36 heavy (non-hydrogen) atoms. The number of carbonyl (C=O) groups is 4. The summed E-state index contributed by atoms with van der Waals surface area (Å²) in [6.07, 6.45) is 1.45. The van der Waals surface area contributed by atoms with Crippen molar-refractivity contribution in [3.05, 3.63) is 71.3 Å². The van der Waals surface area contributed by atoms with Gasteiger partial charge in [-0.2, -0.15) is 0 Å². The van der Waals surface area contributed by atoms with Gasteiger partial charge in [0.05, 0.1) is 6.42 Å². The van der Waals surface area contributed by atoms with Crippen LogP contribution in [0.25, 0.3) is 0 Å². The Kier molecular flexibility index (Phi) is 10.9. The lowest BCUT2D eigenvalue weighted by Crippen LogP contribution is -2.54. The van der Waals surface area contributed by atoms with E-state index >= 15 is 0 Å². The highest BCUT2D eigenvalue weighted by atomic mass is 16.4. The van der Waals surface area contributed by atoms with Crippen LogP contribution in [0, 0.1) is 5.41 Å². The summed E-state index contributed by atoms with van der Waals surface area (Å²) in [5.74, 6) is -3.49. The number of nitrogen functional groups attached to an aromatic ring is 1. The predicted molar refractivity (Wildman–Crippen MR) is 133 cm³/mol. The molecule has 0 unspecified atom stereocenters. The lowest BCUT2D eigenvalue weighted by molar-refractivity contribution is -0.142. The van der Waals surface area contributed by atoms with Crippen molar-refractivity contribution in [2.45, 2.75) is 44.2 Å². The first-order chi connectivity index (χ1) is 17.2. The molecule has 2 aromatic rings. The van der Waals surface area contributed by atoms with E-state index in [-0.39, 0.29) is 12.3 Å². The number of amides is 3. The monoisotopic (exact) mass is 497 g/mol. The van der Waals surface area contributed by atoms with Crippen LogP contribution in [-0.4, -0.2) is 58.6 Å². The Morgan fingerprint density at radius 2 is 1.53 bits per heavy atom. The van der Waals surface area contributed by atoms with Gasteiger partial charge in [0.15, 0.2) is 0 Å². The summed E-state index contributed by atoms with van der Waals surface area (Å²) in [6, 6.07) is 12.5. The molecular weight excluding hydrogens is 466 g/mol. The fraction of sp³-hybridized carbons (Fsp3) is 0.320. The van der Waals surface area contributed by atoms with Crippen LogP contribution in [0.2, 0.25) is 0 Å². The van der Waals surface area contributed by atoms with Gasteiger partial charge in [-0.1, -0.05) is 54.6 Å². The summed E-state index contributed by atoms with van der Waals surface area (Å²) in [4.78, 5) is 47.7. The number of aryl methyl sites for hydroxylation is 1. The number of carboxylic acids is 2. The Balaban J connectivity index is 1.82. The van der Waals surface area contributed by atoms with Crippen molar-refractivity contribution in [2.75, 3.05) is 6.54 Å². The van der Waals surface area contributed by atoms with Crippen molar-refractivity contribution in [3.8, 4) is 0 Å². The highest BCUT2D eigenvalue weighted by Crippen LogP contribution is 2.08. The maximum atomic E-state index is 12.6. The van der Waals surface area contributed by atoms with E-state index in [9.17, 15) is 24.3 Å². The standard InChI is InChI=1S/C25H31N5O6/c26-22(27)18-11-9-16(10-12-18)6-4-5-13-28-25(36)30-19(15-21(31)32)23(33)29-20(24(34)35)14-17-7-2-1-3-8-17/h1-3,7-12,19-20H,4-6,13-15H2,(H3,26,27)(H,29,33)(H,31,32)(H,34,35)(H2,28,30,36)/t19-,20-/m0/s1. The van der Waals surface area contributed by atoms with E-state index in [2.05, 4.69) is 16.0 Å². The zero-order valence-corrected chi connectivity index (χ0v) is 19.7.